The second kappa shape index (κ2) is 6.40. The van der Waals surface area contributed by atoms with Gasteiger partial charge in [-0.25, -0.2) is 0 Å². The summed E-state index contributed by atoms with van der Waals surface area (Å²) in [5, 5.41) is 34.8. The number of para-hydroxylation sites is 3. The van der Waals surface area contributed by atoms with Gasteiger partial charge in [0.1, 0.15) is 5.75 Å². The predicted molar refractivity (Wildman–Crippen MR) is 63.8 cm³/mol. The second-order valence-electron chi connectivity index (χ2n) is 3.28. The molecule has 2 aromatic carbocycles. The van der Waals surface area contributed by atoms with Crippen LogP contribution in [0.25, 0.3) is 0 Å². The lowest BCUT2D eigenvalue weighted by atomic mass is 10.2. The van der Waals surface area contributed by atoms with Gasteiger partial charge in [-0.2, -0.15) is 0 Å². The highest BCUT2D eigenvalue weighted by atomic mass is 16.3. The van der Waals surface area contributed by atoms with E-state index in [4.69, 9.17) is 20.4 Å². The third-order valence-electron chi connectivity index (χ3n) is 2.04. The van der Waals surface area contributed by atoms with Gasteiger partial charge in [-0.1, -0.05) is 30.3 Å². The van der Waals surface area contributed by atoms with Crippen LogP contribution in [-0.4, -0.2) is 20.4 Å². The molecule has 0 aliphatic rings. The summed E-state index contributed by atoms with van der Waals surface area (Å²) in [6.07, 6.45) is 0. The number of aliphatic hydroxyl groups is 1. The fourth-order valence-electron chi connectivity index (χ4n) is 1.11. The normalized spacial score (nSPS) is 9.24. The molecular weight excluding hydrogens is 220 g/mol. The Hall–Kier alpha value is -2.20. The standard InChI is InChI=1S/C7H8O2.C6H6O2/c8-5-6-3-1-2-4-7(6)9;7-5-3-1-2-4-6(5)8/h1-4,8-9H,5H2;1-4,7-8H. The van der Waals surface area contributed by atoms with Crippen molar-refractivity contribution in [3.05, 3.63) is 54.1 Å². The highest BCUT2D eigenvalue weighted by Crippen LogP contribution is 2.21. The molecule has 2 rings (SSSR count). The van der Waals surface area contributed by atoms with Crippen molar-refractivity contribution < 1.29 is 20.4 Å². The van der Waals surface area contributed by atoms with E-state index in [1.807, 2.05) is 0 Å². The van der Waals surface area contributed by atoms with Crippen LogP contribution in [-0.2, 0) is 6.61 Å². The Balaban J connectivity index is 0.000000171. The molecule has 0 radical (unpaired) electrons. The van der Waals surface area contributed by atoms with Crippen molar-refractivity contribution in [2.24, 2.45) is 0 Å². The molecule has 0 saturated carbocycles. The molecule has 0 bridgehead atoms. The van der Waals surface area contributed by atoms with Gasteiger partial charge in [0, 0.05) is 5.56 Å². The van der Waals surface area contributed by atoms with Crippen LogP contribution in [0.15, 0.2) is 48.5 Å². The van der Waals surface area contributed by atoms with E-state index in [-0.39, 0.29) is 23.9 Å². The molecule has 4 heteroatoms. The maximum absolute atomic E-state index is 8.95. The van der Waals surface area contributed by atoms with Gasteiger partial charge in [0.05, 0.1) is 6.61 Å². The van der Waals surface area contributed by atoms with E-state index in [9.17, 15) is 0 Å². The molecule has 0 fully saturated rings. The first-order valence-corrected chi connectivity index (χ1v) is 5.00. The van der Waals surface area contributed by atoms with E-state index >= 15 is 0 Å². The maximum atomic E-state index is 8.95. The van der Waals surface area contributed by atoms with Crippen molar-refractivity contribution >= 4 is 0 Å². The topological polar surface area (TPSA) is 80.9 Å². The molecule has 0 atom stereocenters. The summed E-state index contributed by atoms with van der Waals surface area (Å²) in [5.41, 5.74) is 0.567. The van der Waals surface area contributed by atoms with E-state index in [0.29, 0.717) is 5.56 Å². The Morgan fingerprint density at radius 2 is 1.06 bits per heavy atom. The summed E-state index contributed by atoms with van der Waals surface area (Å²) >= 11 is 0. The maximum Gasteiger partial charge on any atom is 0.157 e. The van der Waals surface area contributed by atoms with E-state index in [1.54, 1.807) is 36.4 Å². The Morgan fingerprint density at radius 1 is 0.647 bits per heavy atom. The van der Waals surface area contributed by atoms with Crippen LogP contribution in [0.1, 0.15) is 5.56 Å². The minimum absolute atomic E-state index is 0.0764. The summed E-state index contributed by atoms with van der Waals surface area (Å²) in [4.78, 5) is 0. The number of hydrogen-bond acceptors (Lipinski definition) is 4. The molecule has 90 valence electrons. The van der Waals surface area contributed by atoms with Crippen molar-refractivity contribution in [1.29, 1.82) is 0 Å². The number of benzene rings is 2. The van der Waals surface area contributed by atoms with Crippen molar-refractivity contribution in [2.75, 3.05) is 0 Å². The molecule has 0 saturated heterocycles. The first-order valence-electron chi connectivity index (χ1n) is 5.00. The van der Waals surface area contributed by atoms with Crippen LogP contribution in [0.2, 0.25) is 0 Å². The lowest BCUT2D eigenvalue weighted by Gasteiger charge is -1.96. The average molecular weight is 234 g/mol. The van der Waals surface area contributed by atoms with Gasteiger partial charge in [0.25, 0.3) is 0 Å². The number of aromatic hydroxyl groups is 3. The number of phenols is 3. The van der Waals surface area contributed by atoms with Crippen molar-refractivity contribution in [3.8, 4) is 17.2 Å². The van der Waals surface area contributed by atoms with Gasteiger partial charge in [0.15, 0.2) is 11.5 Å². The minimum Gasteiger partial charge on any atom is -0.508 e. The average Bonchev–Trinajstić information content (AvgIpc) is 2.34. The fourth-order valence-corrected chi connectivity index (χ4v) is 1.11. The van der Waals surface area contributed by atoms with Crippen LogP contribution in [0.5, 0.6) is 17.2 Å². The minimum atomic E-state index is -0.104. The van der Waals surface area contributed by atoms with Gasteiger partial charge in [0.2, 0.25) is 0 Å². The van der Waals surface area contributed by atoms with E-state index in [1.165, 1.54) is 12.1 Å². The lowest BCUT2D eigenvalue weighted by molar-refractivity contribution is 0.275. The zero-order chi connectivity index (χ0) is 12.7. The molecular formula is C13H14O4. The molecule has 0 aliphatic heterocycles. The van der Waals surface area contributed by atoms with Crippen LogP contribution in [0.4, 0.5) is 0 Å². The largest absolute Gasteiger partial charge is 0.508 e. The molecule has 0 aromatic heterocycles. The molecule has 2 aromatic rings. The van der Waals surface area contributed by atoms with Gasteiger partial charge in [-0.15, -0.1) is 0 Å². The fraction of sp³-hybridized carbons (Fsp3) is 0.0769. The molecule has 4 nitrogen and oxygen atoms in total. The Labute approximate surface area is 99.0 Å². The summed E-state index contributed by atoms with van der Waals surface area (Å²) < 4.78 is 0. The van der Waals surface area contributed by atoms with E-state index in [0.717, 1.165) is 0 Å². The summed E-state index contributed by atoms with van der Waals surface area (Å²) in [7, 11) is 0. The van der Waals surface area contributed by atoms with E-state index < -0.39 is 0 Å². The Kier molecular flexibility index (Phi) is 4.84. The number of aliphatic hydroxyl groups excluding tert-OH is 1. The number of hydrogen-bond donors (Lipinski definition) is 4. The van der Waals surface area contributed by atoms with E-state index in [2.05, 4.69) is 0 Å². The second-order valence-corrected chi connectivity index (χ2v) is 3.28. The quantitative estimate of drug-likeness (QED) is 0.569. The molecule has 4 N–H and O–H groups in total. The molecule has 0 spiro atoms. The third-order valence-corrected chi connectivity index (χ3v) is 2.04. The lowest BCUT2D eigenvalue weighted by Crippen LogP contribution is -1.80. The van der Waals surface area contributed by atoms with Crippen LogP contribution in [0.3, 0.4) is 0 Å². The monoisotopic (exact) mass is 234 g/mol. The molecule has 0 aliphatic carbocycles. The summed E-state index contributed by atoms with van der Waals surface area (Å²) in [6, 6.07) is 12.9. The van der Waals surface area contributed by atoms with Crippen LogP contribution < -0.4 is 0 Å². The molecule has 0 unspecified atom stereocenters. The molecule has 0 amide bonds. The first kappa shape index (κ1) is 12.9. The van der Waals surface area contributed by atoms with Gasteiger partial charge in [-0.3, -0.25) is 0 Å². The Bertz CT molecular complexity index is 447. The van der Waals surface area contributed by atoms with Gasteiger partial charge >= 0.3 is 0 Å². The number of phenolic OH excluding ortho intramolecular Hbond substituents is 2. The van der Waals surface area contributed by atoms with Crippen LogP contribution >= 0.6 is 0 Å². The van der Waals surface area contributed by atoms with Crippen molar-refractivity contribution in [2.45, 2.75) is 6.61 Å². The van der Waals surface area contributed by atoms with Crippen LogP contribution in [0, 0.1) is 0 Å². The smallest absolute Gasteiger partial charge is 0.157 e. The van der Waals surface area contributed by atoms with Crippen molar-refractivity contribution in [1.82, 2.24) is 0 Å². The number of rotatable bonds is 1. The summed E-state index contributed by atoms with van der Waals surface area (Å²) in [6.45, 7) is -0.104. The zero-order valence-electron chi connectivity index (χ0n) is 9.11. The predicted octanol–water partition coefficient (Wildman–Crippen LogP) is 1.98. The molecule has 0 heterocycles. The van der Waals surface area contributed by atoms with Gasteiger partial charge < -0.3 is 20.4 Å². The first-order chi connectivity index (χ1) is 8.15. The SMILES string of the molecule is OCc1ccccc1O.Oc1ccccc1O. The highest BCUT2D eigenvalue weighted by Gasteiger charge is 1.93. The summed E-state index contributed by atoms with van der Waals surface area (Å²) in [5.74, 6) is 0.000000000000000888. The van der Waals surface area contributed by atoms with Gasteiger partial charge in [-0.05, 0) is 18.2 Å². The Morgan fingerprint density at radius 3 is 1.35 bits per heavy atom. The highest BCUT2D eigenvalue weighted by molar-refractivity contribution is 5.36. The zero-order valence-corrected chi connectivity index (χ0v) is 9.11. The van der Waals surface area contributed by atoms with Crippen molar-refractivity contribution in [3.63, 3.8) is 0 Å². The molecule has 17 heavy (non-hydrogen) atoms. The third kappa shape index (κ3) is 4.04.